The maximum atomic E-state index is 13.4. The molecule has 0 bridgehead atoms. The quantitative estimate of drug-likeness (QED) is 0.602. The summed E-state index contributed by atoms with van der Waals surface area (Å²) in [5, 5.41) is 2.94. The van der Waals surface area contributed by atoms with Crippen molar-refractivity contribution in [2.24, 2.45) is 5.92 Å². The zero-order chi connectivity index (χ0) is 23.1. The van der Waals surface area contributed by atoms with Crippen molar-refractivity contribution in [3.63, 3.8) is 0 Å². The number of halogens is 1. The number of hydrogen-bond acceptors (Lipinski definition) is 4. The number of aryl methyl sites for hydroxylation is 1. The molecule has 1 aliphatic rings. The molecule has 1 N–H and O–H groups in total. The number of benzene rings is 2. The maximum absolute atomic E-state index is 13.4. The summed E-state index contributed by atoms with van der Waals surface area (Å²) >= 11 is 0. The van der Waals surface area contributed by atoms with Gasteiger partial charge in [-0.05, 0) is 54.2 Å². The molecule has 0 saturated heterocycles. The third-order valence-corrected chi connectivity index (χ3v) is 5.40. The zero-order valence-electron chi connectivity index (χ0n) is 18.9. The summed E-state index contributed by atoms with van der Waals surface area (Å²) in [5.74, 6) is 1.06. The lowest BCUT2D eigenvalue weighted by Crippen LogP contribution is -2.49. The summed E-state index contributed by atoms with van der Waals surface area (Å²) in [6, 6.07) is 11.1. The van der Waals surface area contributed by atoms with Crippen LogP contribution in [0.2, 0.25) is 0 Å². The van der Waals surface area contributed by atoms with Gasteiger partial charge in [0.2, 0.25) is 18.6 Å². The van der Waals surface area contributed by atoms with E-state index in [-0.39, 0.29) is 37.4 Å². The molecule has 1 heterocycles. The van der Waals surface area contributed by atoms with E-state index in [0.717, 1.165) is 11.1 Å². The van der Waals surface area contributed by atoms with Crippen LogP contribution in [0.3, 0.4) is 0 Å². The SMILES string of the molecule is CC[C@@H](C(=O)NCC(C)C)N(Cc1ccc(F)cc1)C(=O)CCc1ccc2c(c1)OCO2. The molecule has 0 spiro atoms. The Labute approximate surface area is 188 Å². The van der Waals surface area contributed by atoms with E-state index >= 15 is 0 Å². The van der Waals surface area contributed by atoms with E-state index in [4.69, 9.17) is 9.47 Å². The molecule has 7 heteroatoms. The average molecular weight is 443 g/mol. The van der Waals surface area contributed by atoms with Crippen LogP contribution in [0.5, 0.6) is 11.5 Å². The lowest BCUT2D eigenvalue weighted by Gasteiger charge is -2.31. The lowest BCUT2D eigenvalue weighted by atomic mass is 10.1. The topological polar surface area (TPSA) is 67.9 Å². The van der Waals surface area contributed by atoms with Crippen LogP contribution in [0.1, 0.15) is 44.7 Å². The highest BCUT2D eigenvalue weighted by Crippen LogP contribution is 2.32. The first-order chi connectivity index (χ1) is 15.4. The predicted molar refractivity (Wildman–Crippen MR) is 120 cm³/mol. The molecule has 6 nitrogen and oxygen atoms in total. The first-order valence-electron chi connectivity index (χ1n) is 11.1. The minimum Gasteiger partial charge on any atom is -0.454 e. The summed E-state index contributed by atoms with van der Waals surface area (Å²) in [4.78, 5) is 27.8. The summed E-state index contributed by atoms with van der Waals surface area (Å²) in [5.41, 5.74) is 1.74. The molecule has 0 unspecified atom stereocenters. The molecule has 1 aliphatic heterocycles. The molecular formula is C25H31FN2O4. The van der Waals surface area contributed by atoms with Gasteiger partial charge >= 0.3 is 0 Å². The van der Waals surface area contributed by atoms with Crippen LogP contribution in [-0.2, 0) is 22.6 Å². The Morgan fingerprint density at radius 3 is 2.44 bits per heavy atom. The van der Waals surface area contributed by atoms with E-state index in [0.29, 0.717) is 36.8 Å². The van der Waals surface area contributed by atoms with Gasteiger partial charge in [-0.2, -0.15) is 0 Å². The molecular weight excluding hydrogens is 411 g/mol. The smallest absolute Gasteiger partial charge is 0.242 e. The van der Waals surface area contributed by atoms with Crippen molar-refractivity contribution in [2.75, 3.05) is 13.3 Å². The van der Waals surface area contributed by atoms with E-state index in [2.05, 4.69) is 5.32 Å². The van der Waals surface area contributed by atoms with Crippen molar-refractivity contribution >= 4 is 11.8 Å². The van der Waals surface area contributed by atoms with Gasteiger partial charge in [-0.1, -0.05) is 39.0 Å². The number of carbonyl (C=O) groups excluding carboxylic acids is 2. The van der Waals surface area contributed by atoms with Crippen LogP contribution >= 0.6 is 0 Å². The fourth-order valence-corrected chi connectivity index (χ4v) is 3.62. The van der Waals surface area contributed by atoms with E-state index in [1.54, 1.807) is 17.0 Å². The summed E-state index contributed by atoms with van der Waals surface area (Å²) in [7, 11) is 0. The Balaban J connectivity index is 1.74. The maximum Gasteiger partial charge on any atom is 0.242 e. The number of hydrogen-bond donors (Lipinski definition) is 1. The second-order valence-electron chi connectivity index (χ2n) is 8.40. The van der Waals surface area contributed by atoms with Crippen LogP contribution in [0.15, 0.2) is 42.5 Å². The average Bonchev–Trinajstić information content (AvgIpc) is 3.25. The van der Waals surface area contributed by atoms with Gasteiger partial charge in [0.05, 0.1) is 0 Å². The largest absolute Gasteiger partial charge is 0.454 e. The second-order valence-corrected chi connectivity index (χ2v) is 8.40. The second kappa shape index (κ2) is 11.0. The van der Waals surface area contributed by atoms with Gasteiger partial charge in [0.25, 0.3) is 0 Å². The molecule has 0 fully saturated rings. The monoisotopic (exact) mass is 442 g/mol. The highest BCUT2D eigenvalue weighted by atomic mass is 19.1. The number of ether oxygens (including phenoxy) is 2. The number of fused-ring (bicyclic) bond motifs is 1. The fourth-order valence-electron chi connectivity index (χ4n) is 3.62. The molecule has 0 aromatic heterocycles. The number of nitrogens with one attached hydrogen (secondary N) is 1. The molecule has 172 valence electrons. The van der Waals surface area contributed by atoms with E-state index < -0.39 is 6.04 Å². The highest BCUT2D eigenvalue weighted by Gasteiger charge is 2.28. The van der Waals surface area contributed by atoms with Crippen molar-refractivity contribution in [1.29, 1.82) is 0 Å². The predicted octanol–water partition coefficient (Wildman–Crippen LogP) is 4.07. The summed E-state index contributed by atoms with van der Waals surface area (Å²) in [6.45, 7) is 6.93. The molecule has 3 rings (SSSR count). The number of rotatable bonds is 10. The first-order valence-corrected chi connectivity index (χ1v) is 11.1. The van der Waals surface area contributed by atoms with Crippen molar-refractivity contribution in [1.82, 2.24) is 10.2 Å². The van der Waals surface area contributed by atoms with Gasteiger partial charge in [0, 0.05) is 19.5 Å². The molecule has 2 aromatic carbocycles. The third-order valence-electron chi connectivity index (χ3n) is 5.40. The van der Waals surface area contributed by atoms with Gasteiger partial charge < -0.3 is 19.7 Å². The van der Waals surface area contributed by atoms with Gasteiger partial charge in [0.1, 0.15) is 11.9 Å². The lowest BCUT2D eigenvalue weighted by molar-refractivity contribution is -0.141. The van der Waals surface area contributed by atoms with Crippen molar-refractivity contribution in [2.45, 2.75) is 52.6 Å². The Bertz CT molecular complexity index is 930. The Morgan fingerprint density at radius 1 is 1.06 bits per heavy atom. The van der Waals surface area contributed by atoms with Gasteiger partial charge in [0.15, 0.2) is 11.5 Å². The van der Waals surface area contributed by atoms with Crippen LogP contribution < -0.4 is 14.8 Å². The van der Waals surface area contributed by atoms with Gasteiger partial charge in [-0.25, -0.2) is 4.39 Å². The number of carbonyl (C=O) groups is 2. The van der Waals surface area contributed by atoms with Crippen molar-refractivity contribution in [3.8, 4) is 11.5 Å². The van der Waals surface area contributed by atoms with Crippen molar-refractivity contribution < 1.29 is 23.5 Å². The van der Waals surface area contributed by atoms with E-state index in [1.165, 1.54) is 12.1 Å². The number of amides is 2. The molecule has 1 atom stereocenters. The third kappa shape index (κ3) is 6.22. The van der Waals surface area contributed by atoms with Gasteiger partial charge in [-0.3, -0.25) is 9.59 Å². The first kappa shape index (κ1) is 23.6. The highest BCUT2D eigenvalue weighted by molar-refractivity contribution is 5.87. The van der Waals surface area contributed by atoms with Gasteiger partial charge in [-0.15, -0.1) is 0 Å². The van der Waals surface area contributed by atoms with Crippen LogP contribution in [0.25, 0.3) is 0 Å². The zero-order valence-corrected chi connectivity index (χ0v) is 18.9. The Morgan fingerprint density at radius 2 is 1.75 bits per heavy atom. The fraction of sp³-hybridized carbons (Fsp3) is 0.440. The summed E-state index contributed by atoms with van der Waals surface area (Å²) < 4.78 is 24.1. The minimum absolute atomic E-state index is 0.126. The molecule has 0 radical (unpaired) electrons. The van der Waals surface area contributed by atoms with Crippen molar-refractivity contribution in [3.05, 3.63) is 59.4 Å². The van der Waals surface area contributed by atoms with Crippen LogP contribution in [-0.4, -0.2) is 36.1 Å². The van der Waals surface area contributed by atoms with E-state index in [1.807, 2.05) is 39.0 Å². The number of nitrogens with zero attached hydrogens (tertiary/aromatic N) is 1. The summed E-state index contributed by atoms with van der Waals surface area (Å²) in [6.07, 6.45) is 1.25. The molecule has 2 amide bonds. The minimum atomic E-state index is -0.594. The standard InChI is InChI=1S/C25H31FN2O4/c1-4-21(25(30)27-14-17(2)3)28(15-19-5-9-20(26)10-6-19)24(29)12-8-18-7-11-22-23(13-18)32-16-31-22/h5-7,9-11,13,17,21H,4,8,12,14-16H2,1-3H3,(H,27,30)/t21-/m0/s1. The molecule has 32 heavy (non-hydrogen) atoms. The Hall–Kier alpha value is -3.09. The van der Waals surface area contributed by atoms with Crippen LogP contribution in [0.4, 0.5) is 4.39 Å². The van der Waals surface area contributed by atoms with E-state index in [9.17, 15) is 14.0 Å². The Kier molecular flexibility index (Phi) is 8.09. The van der Waals surface area contributed by atoms with Crippen LogP contribution in [0, 0.1) is 11.7 Å². The molecule has 2 aromatic rings. The molecule has 0 saturated carbocycles. The normalized spacial score (nSPS) is 13.2. The molecule has 0 aliphatic carbocycles.